The van der Waals surface area contributed by atoms with E-state index >= 15 is 0 Å². The Morgan fingerprint density at radius 2 is 1.70 bits per heavy atom. The highest BCUT2D eigenvalue weighted by Gasteiger charge is 2.59. The molecule has 8 atom stereocenters. The molecule has 1 amide bonds. The summed E-state index contributed by atoms with van der Waals surface area (Å²) in [6, 6.07) is 0. The number of rotatable bonds is 14. The van der Waals surface area contributed by atoms with Crippen LogP contribution in [-0.4, -0.2) is 56.0 Å². The standard InChI is InChI=1S/C33H57N3O4/c1-5-6-17-34-18-7-8-19-35-20-21-36-31(39)40-25-13-15-32(3)24(22-25)9-10-26-28-12-11-27(23(2)30(37)38)33(28,4)16-14-29(26)32/h9,23,25-29,34-35H,5-8,10-22H2,1-4H3,(H,36,39)(H,37,38). The Hall–Kier alpha value is -1.60. The second-order valence-corrected chi connectivity index (χ2v) is 13.9. The average Bonchev–Trinajstić information content (AvgIpc) is 3.28. The second kappa shape index (κ2) is 14.0. The molecule has 4 rings (SSSR count). The number of hydrogen-bond donors (Lipinski definition) is 4. The molecule has 0 heterocycles. The molecule has 0 aromatic rings. The molecule has 0 radical (unpaired) electrons. The van der Waals surface area contributed by atoms with Gasteiger partial charge in [0, 0.05) is 19.5 Å². The fourth-order valence-electron chi connectivity index (χ4n) is 9.26. The first kappa shape index (κ1) is 31.3. The van der Waals surface area contributed by atoms with E-state index in [0.29, 0.717) is 30.2 Å². The number of aliphatic carboxylic acids is 1. The van der Waals surface area contributed by atoms with Gasteiger partial charge in [0.2, 0.25) is 0 Å². The van der Waals surface area contributed by atoms with Gasteiger partial charge in [-0.2, -0.15) is 0 Å². The largest absolute Gasteiger partial charge is 0.481 e. The molecule has 7 heteroatoms. The Morgan fingerprint density at radius 1 is 0.975 bits per heavy atom. The van der Waals surface area contributed by atoms with E-state index in [9.17, 15) is 14.7 Å². The van der Waals surface area contributed by atoms with Gasteiger partial charge in [-0.15, -0.1) is 0 Å². The number of carbonyl (C=O) groups is 2. The van der Waals surface area contributed by atoms with Gasteiger partial charge in [0.15, 0.2) is 0 Å². The SMILES string of the molecule is CCCCNCCCCNCCNC(=O)OC1CCC2(C)C(=CCC3C2CCC2(C)C(C(C)C(=O)O)CCC32)C1. The van der Waals surface area contributed by atoms with Crippen LogP contribution in [0, 0.1) is 40.4 Å². The zero-order chi connectivity index (χ0) is 28.8. The minimum absolute atomic E-state index is 0.0369. The Morgan fingerprint density at radius 3 is 2.42 bits per heavy atom. The van der Waals surface area contributed by atoms with Crippen molar-refractivity contribution in [1.82, 2.24) is 16.0 Å². The predicted octanol–water partition coefficient (Wildman–Crippen LogP) is 6.14. The van der Waals surface area contributed by atoms with Crippen molar-refractivity contribution in [1.29, 1.82) is 0 Å². The molecule has 0 aromatic heterocycles. The summed E-state index contributed by atoms with van der Waals surface area (Å²) < 4.78 is 5.88. The maximum absolute atomic E-state index is 12.5. The predicted molar refractivity (Wildman–Crippen MR) is 160 cm³/mol. The first-order valence-corrected chi connectivity index (χ1v) is 16.5. The lowest BCUT2D eigenvalue weighted by molar-refractivity contribution is -0.146. The topological polar surface area (TPSA) is 99.7 Å². The normalized spacial score (nSPS) is 35.6. The Labute approximate surface area is 243 Å². The van der Waals surface area contributed by atoms with Crippen molar-refractivity contribution in [3.8, 4) is 0 Å². The summed E-state index contributed by atoms with van der Waals surface area (Å²) in [5.41, 5.74) is 1.84. The van der Waals surface area contributed by atoms with Gasteiger partial charge in [0.1, 0.15) is 6.10 Å². The van der Waals surface area contributed by atoms with Gasteiger partial charge in [-0.25, -0.2) is 4.79 Å². The summed E-state index contributed by atoms with van der Waals surface area (Å²) in [4.78, 5) is 24.3. The number of carboxylic acids is 1. The molecule has 40 heavy (non-hydrogen) atoms. The van der Waals surface area contributed by atoms with Crippen molar-refractivity contribution in [3.63, 3.8) is 0 Å². The van der Waals surface area contributed by atoms with E-state index in [2.05, 4.69) is 42.8 Å². The molecule has 0 saturated heterocycles. The summed E-state index contributed by atoms with van der Waals surface area (Å²) in [6.45, 7) is 13.5. The lowest BCUT2D eigenvalue weighted by Gasteiger charge is -2.58. The van der Waals surface area contributed by atoms with Gasteiger partial charge < -0.3 is 25.8 Å². The third kappa shape index (κ3) is 6.88. The van der Waals surface area contributed by atoms with E-state index in [1.165, 1.54) is 37.7 Å². The Bertz CT molecular complexity index is 893. The maximum atomic E-state index is 12.5. The van der Waals surface area contributed by atoms with Crippen LogP contribution in [0.4, 0.5) is 4.79 Å². The van der Waals surface area contributed by atoms with E-state index in [-0.39, 0.29) is 28.9 Å². The highest BCUT2D eigenvalue weighted by molar-refractivity contribution is 5.70. The van der Waals surface area contributed by atoms with Crippen LogP contribution in [0.25, 0.3) is 0 Å². The van der Waals surface area contributed by atoms with Gasteiger partial charge in [-0.3, -0.25) is 4.79 Å². The van der Waals surface area contributed by atoms with E-state index in [4.69, 9.17) is 4.74 Å². The summed E-state index contributed by atoms with van der Waals surface area (Å²) in [6.07, 6.45) is 15.5. The van der Waals surface area contributed by atoms with Crippen molar-refractivity contribution >= 4 is 12.1 Å². The first-order chi connectivity index (χ1) is 19.2. The number of allylic oxidation sites excluding steroid dienone is 1. The summed E-state index contributed by atoms with van der Waals surface area (Å²) in [5.74, 6) is 1.36. The van der Waals surface area contributed by atoms with Gasteiger partial charge in [-0.05, 0) is 118 Å². The number of alkyl carbamates (subject to hydrolysis) is 1. The monoisotopic (exact) mass is 559 g/mol. The van der Waals surface area contributed by atoms with Crippen molar-refractivity contribution in [2.24, 2.45) is 40.4 Å². The molecule has 0 aliphatic heterocycles. The van der Waals surface area contributed by atoms with Crippen molar-refractivity contribution in [2.75, 3.05) is 32.7 Å². The van der Waals surface area contributed by atoms with Crippen LogP contribution in [0.2, 0.25) is 0 Å². The highest BCUT2D eigenvalue weighted by Crippen LogP contribution is 2.67. The molecule has 4 N–H and O–H groups in total. The number of nitrogens with one attached hydrogen (secondary N) is 3. The van der Waals surface area contributed by atoms with Crippen LogP contribution in [0.1, 0.15) is 105 Å². The van der Waals surface area contributed by atoms with Crippen LogP contribution < -0.4 is 16.0 Å². The number of hydrogen-bond acceptors (Lipinski definition) is 5. The van der Waals surface area contributed by atoms with Crippen molar-refractivity contribution < 1.29 is 19.4 Å². The molecule has 3 saturated carbocycles. The van der Waals surface area contributed by atoms with Crippen LogP contribution in [0.5, 0.6) is 0 Å². The minimum atomic E-state index is -0.633. The van der Waals surface area contributed by atoms with Gasteiger partial charge in [0.05, 0.1) is 5.92 Å². The molecule has 0 spiro atoms. The molecular formula is C33H57N3O4. The number of ether oxygens (including phenoxy) is 1. The van der Waals surface area contributed by atoms with Gasteiger partial charge in [0.25, 0.3) is 0 Å². The molecule has 4 aliphatic carbocycles. The number of amides is 1. The van der Waals surface area contributed by atoms with Gasteiger partial charge >= 0.3 is 12.1 Å². The minimum Gasteiger partial charge on any atom is -0.481 e. The Kier molecular flexibility index (Phi) is 11.0. The number of fused-ring (bicyclic) bond motifs is 5. The fraction of sp³-hybridized carbons (Fsp3) is 0.879. The molecule has 228 valence electrons. The van der Waals surface area contributed by atoms with E-state index in [1.54, 1.807) is 0 Å². The van der Waals surface area contributed by atoms with E-state index < -0.39 is 5.97 Å². The molecule has 3 fully saturated rings. The molecule has 8 unspecified atom stereocenters. The van der Waals surface area contributed by atoms with Crippen LogP contribution in [0.15, 0.2) is 11.6 Å². The smallest absolute Gasteiger partial charge is 0.407 e. The van der Waals surface area contributed by atoms with Crippen molar-refractivity contribution in [2.45, 2.75) is 111 Å². The van der Waals surface area contributed by atoms with Crippen LogP contribution in [-0.2, 0) is 9.53 Å². The molecule has 0 bridgehead atoms. The van der Waals surface area contributed by atoms with E-state index in [0.717, 1.165) is 71.1 Å². The molecular weight excluding hydrogens is 502 g/mol. The number of carboxylic acid groups (broad SMARTS) is 1. The quantitative estimate of drug-likeness (QED) is 0.151. The fourth-order valence-corrected chi connectivity index (χ4v) is 9.26. The van der Waals surface area contributed by atoms with Crippen LogP contribution >= 0.6 is 0 Å². The molecule has 7 nitrogen and oxygen atoms in total. The van der Waals surface area contributed by atoms with Crippen molar-refractivity contribution in [3.05, 3.63) is 11.6 Å². The number of unbranched alkanes of at least 4 members (excludes halogenated alkanes) is 2. The zero-order valence-electron chi connectivity index (χ0n) is 25.7. The highest BCUT2D eigenvalue weighted by atomic mass is 16.6. The average molecular weight is 560 g/mol. The Balaban J connectivity index is 1.19. The third-order valence-corrected chi connectivity index (χ3v) is 11.6. The summed E-state index contributed by atoms with van der Waals surface area (Å²) in [5, 5.41) is 19.6. The first-order valence-electron chi connectivity index (χ1n) is 16.5. The van der Waals surface area contributed by atoms with Crippen LogP contribution in [0.3, 0.4) is 0 Å². The van der Waals surface area contributed by atoms with Gasteiger partial charge in [-0.1, -0.05) is 45.8 Å². The maximum Gasteiger partial charge on any atom is 0.407 e. The molecule has 4 aliphatic rings. The lowest BCUT2D eigenvalue weighted by Crippen LogP contribution is -2.51. The summed E-state index contributed by atoms with van der Waals surface area (Å²) in [7, 11) is 0. The molecule has 0 aromatic carbocycles. The second-order valence-electron chi connectivity index (χ2n) is 13.9. The third-order valence-electron chi connectivity index (χ3n) is 11.6. The summed E-state index contributed by atoms with van der Waals surface area (Å²) >= 11 is 0. The zero-order valence-corrected chi connectivity index (χ0v) is 25.7. The number of carbonyl (C=O) groups excluding carboxylic acids is 1. The lowest BCUT2D eigenvalue weighted by atomic mass is 9.47. The van der Waals surface area contributed by atoms with E-state index in [1.807, 2.05) is 6.92 Å².